The van der Waals surface area contributed by atoms with Gasteiger partial charge in [0.05, 0.1) is 17.5 Å². The van der Waals surface area contributed by atoms with E-state index in [1.165, 1.54) is 11.0 Å². The molecule has 0 saturated heterocycles. The van der Waals surface area contributed by atoms with Crippen LogP contribution in [0, 0.1) is 0 Å². The molecule has 0 heterocycles. The van der Waals surface area contributed by atoms with Gasteiger partial charge >= 0.3 is 6.18 Å². The second-order valence-corrected chi connectivity index (χ2v) is 12.3. The zero-order valence-corrected chi connectivity index (χ0v) is 23.6. The lowest BCUT2D eigenvalue weighted by Gasteiger charge is -2.33. The fraction of sp³-hybridized carbons (Fsp3) is 0.462. The van der Waals surface area contributed by atoms with Crippen LogP contribution in [-0.2, 0) is 32.3 Å². The van der Waals surface area contributed by atoms with Crippen molar-refractivity contribution < 1.29 is 31.2 Å². The molecule has 0 radical (unpaired) electrons. The van der Waals surface area contributed by atoms with Crippen LogP contribution < -0.4 is 9.62 Å². The van der Waals surface area contributed by atoms with Crippen LogP contribution in [0.15, 0.2) is 53.0 Å². The quantitative estimate of drug-likeness (QED) is 0.424. The van der Waals surface area contributed by atoms with Gasteiger partial charge in [0.15, 0.2) is 0 Å². The third kappa shape index (κ3) is 8.20. The minimum absolute atomic E-state index is 0.000888. The molecule has 1 atom stereocenters. The van der Waals surface area contributed by atoms with E-state index in [0.717, 1.165) is 55.0 Å². The van der Waals surface area contributed by atoms with Crippen LogP contribution in [0.1, 0.15) is 50.2 Å². The highest BCUT2D eigenvalue weighted by Gasteiger charge is 2.34. The van der Waals surface area contributed by atoms with Crippen molar-refractivity contribution in [2.75, 3.05) is 17.1 Å². The topological polar surface area (TPSA) is 86.8 Å². The van der Waals surface area contributed by atoms with Gasteiger partial charge in [-0.05, 0) is 55.7 Å². The average molecular weight is 619 g/mol. The molecule has 0 unspecified atom stereocenters. The molecule has 0 aliphatic heterocycles. The third-order valence-corrected chi connectivity index (χ3v) is 8.19. The zero-order chi connectivity index (χ0) is 28.1. The maximum atomic E-state index is 13.6. The van der Waals surface area contributed by atoms with Gasteiger partial charge in [0.2, 0.25) is 21.8 Å². The fourth-order valence-corrected chi connectivity index (χ4v) is 5.49. The number of sulfonamides is 1. The van der Waals surface area contributed by atoms with E-state index in [0.29, 0.717) is 15.9 Å². The Kier molecular flexibility index (Phi) is 9.85. The number of nitrogens with one attached hydrogen (secondary N) is 1. The van der Waals surface area contributed by atoms with Crippen molar-refractivity contribution in [3.05, 3.63) is 64.1 Å². The largest absolute Gasteiger partial charge is 0.416 e. The molecule has 1 saturated carbocycles. The number of anilines is 1. The van der Waals surface area contributed by atoms with E-state index < -0.39 is 40.3 Å². The molecule has 1 aliphatic carbocycles. The lowest BCUT2D eigenvalue weighted by molar-refractivity contribution is -0.139. The Balaban J connectivity index is 1.90. The van der Waals surface area contributed by atoms with Gasteiger partial charge in [0, 0.05) is 17.1 Å². The van der Waals surface area contributed by atoms with Crippen molar-refractivity contribution in [1.82, 2.24) is 10.2 Å². The molecule has 2 amide bonds. The number of alkyl halides is 3. The van der Waals surface area contributed by atoms with E-state index in [2.05, 4.69) is 21.2 Å². The number of amides is 2. The summed E-state index contributed by atoms with van der Waals surface area (Å²) >= 11 is 3.35. The predicted molar refractivity (Wildman–Crippen MR) is 143 cm³/mol. The summed E-state index contributed by atoms with van der Waals surface area (Å²) in [5.41, 5.74) is -0.634. The summed E-state index contributed by atoms with van der Waals surface area (Å²) in [6.07, 6.45) is 0.920. The van der Waals surface area contributed by atoms with Gasteiger partial charge in [-0.3, -0.25) is 13.9 Å². The summed E-state index contributed by atoms with van der Waals surface area (Å²) in [5.74, 6) is -1.09. The average Bonchev–Trinajstić information content (AvgIpc) is 2.86. The Morgan fingerprint density at radius 3 is 2.29 bits per heavy atom. The van der Waals surface area contributed by atoms with Crippen molar-refractivity contribution in [2.24, 2.45) is 0 Å². The number of benzene rings is 2. The predicted octanol–water partition coefficient (Wildman–Crippen LogP) is 5.10. The fourth-order valence-electron chi connectivity index (χ4n) is 4.39. The minimum atomic E-state index is -4.69. The summed E-state index contributed by atoms with van der Waals surface area (Å²) in [6.45, 7) is 0.799. The first-order valence-corrected chi connectivity index (χ1v) is 14.9. The number of carbonyl (C=O) groups is 2. The monoisotopic (exact) mass is 617 g/mol. The van der Waals surface area contributed by atoms with Gasteiger partial charge < -0.3 is 10.2 Å². The molecule has 0 spiro atoms. The van der Waals surface area contributed by atoms with Crippen molar-refractivity contribution in [3.8, 4) is 0 Å². The first-order chi connectivity index (χ1) is 17.8. The molecule has 1 fully saturated rings. The van der Waals surface area contributed by atoms with E-state index >= 15 is 0 Å². The molecule has 208 valence electrons. The molecule has 2 aromatic rings. The summed E-state index contributed by atoms with van der Waals surface area (Å²) in [4.78, 5) is 28.0. The Morgan fingerprint density at radius 2 is 1.71 bits per heavy atom. The van der Waals surface area contributed by atoms with Crippen LogP contribution in [0.4, 0.5) is 18.9 Å². The molecule has 1 N–H and O–H groups in total. The van der Waals surface area contributed by atoms with E-state index in [4.69, 9.17) is 0 Å². The summed E-state index contributed by atoms with van der Waals surface area (Å²) in [7, 11) is -4.14. The lowest BCUT2D eigenvalue weighted by Crippen LogP contribution is -2.53. The standard InChI is InChI=1S/C26H31BrF3N3O4S/c1-18(25(35)31-22-8-4-3-5-9-22)32(16-19-11-13-21(27)14-12-19)24(34)17-33(38(2,36)37)23-10-6-7-20(15-23)26(28,29)30/h6-7,10-15,18,22H,3-5,8-9,16-17H2,1-2H3,(H,31,35)/t18-/m0/s1. The van der Waals surface area contributed by atoms with Gasteiger partial charge in [0.25, 0.3) is 0 Å². The normalized spacial score (nSPS) is 15.5. The summed E-state index contributed by atoms with van der Waals surface area (Å²) < 4.78 is 66.5. The Morgan fingerprint density at radius 1 is 1.08 bits per heavy atom. The molecule has 3 rings (SSSR count). The lowest BCUT2D eigenvalue weighted by atomic mass is 9.95. The molecule has 0 bridgehead atoms. The molecule has 12 heteroatoms. The first-order valence-electron chi connectivity index (χ1n) is 12.2. The second kappa shape index (κ2) is 12.5. The number of nitrogens with zero attached hydrogens (tertiary/aromatic N) is 2. The van der Waals surface area contributed by atoms with E-state index in [9.17, 15) is 31.2 Å². The van der Waals surface area contributed by atoms with Gasteiger partial charge in [0.1, 0.15) is 12.6 Å². The molecule has 1 aliphatic rings. The van der Waals surface area contributed by atoms with Crippen LogP contribution in [0.5, 0.6) is 0 Å². The second-order valence-electron chi connectivity index (χ2n) is 9.49. The van der Waals surface area contributed by atoms with Crippen molar-refractivity contribution in [3.63, 3.8) is 0 Å². The van der Waals surface area contributed by atoms with Crippen LogP contribution in [0.25, 0.3) is 0 Å². The highest BCUT2D eigenvalue weighted by Crippen LogP contribution is 2.32. The maximum Gasteiger partial charge on any atom is 0.416 e. The summed E-state index contributed by atoms with van der Waals surface area (Å²) in [6, 6.07) is 9.91. The van der Waals surface area contributed by atoms with Gasteiger partial charge in [-0.2, -0.15) is 13.2 Å². The van der Waals surface area contributed by atoms with Crippen molar-refractivity contribution in [2.45, 2.75) is 63.8 Å². The van der Waals surface area contributed by atoms with Gasteiger partial charge in [-0.1, -0.05) is 53.4 Å². The Labute approximate surface area is 229 Å². The molecule has 7 nitrogen and oxygen atoms in total. The molecule has 2 aromatic carbocycles. The number of rotatable bonds is 9. The van der Waals surface area contributed by atoms with Crippen LogP contribution in [-0.4, -0.2) is 50.0 Å². The van der Waals surface area contributed by atoms with Gasteiger partial charge in [-0.15, -0.1) is 0 Å². The van der Waals surface area contributed by atoms with Crippen LogP contribution in [0.2, 0.25) is 0 Å². The van der Waals surface area contributed by atoms with Crippen molar-refractivity contribution >= 4 is 43.5 Å². The van der Waals surface area contributed by atoms with E-state index in [1.54, 1.807) is 31.2 Å². The van der Waals surface area contributed by atoms with Crippen LogP contribution >= 0.6 is 15.9 Å². The first kappa shape index (κ1) is 29.9. The number of hydrogen-bond donors (Lipinski definition) is 1. The molecular weight excluding hydrogens is 587 g/mol. The SMILES string of the molecule is C[C@@H](C(=O)NC1CCCCC1)N(Cc1ccc(Br)cc1)C(=O)CN(c1cccc(C(F)(F)F)c1)S(C)(=O)=O. The zero-order valence-electron chi connectivity index (χ0n) is 21.2. The van der Waals surface area contributed by atoms with Crippen LogP contribution in [0.3, 0.4) is 0 Å². The number of halogens is 4. The van der Waals surface area contributed by atoms with Crippen molar-refractivity contribution in [1.29, 1.82) is 0 Å². The van der Waals surface area contributed by atoms with E-state index in [-0.39, 0.29) is 24.2 Å². The van der Waals surface area contributed by atoms with Gasteiger partial charge in [-0.25, -0.2) is 8.42 Å². The molecule has 38 heavy (non-hydrogen) atoms. The minimum Gasteiger partial charge on any atom is -0.352 e. The summed E-state index contributed by atoms with van der Waals surface area (Å²) in [5, 5.41) is 2.99. The number of hydrogen-bond acceptors (Lipinski definition) is 4. The highest BCUT2D eigenvalue weighted by molar-refractivity contribution is 9.10. The molecule has 0 aromatic heterocycles. The Hall–Kier alpha value is -2.60. The number of carbonyl (C=O) groups excluding carboxylic acids is 2. The Bertz CT molecular complexity index is 1230. The third-order valence-electron chi connectivity index (χ3n) is 6.53. The smallest absolute Gasteiger partial charge is 0.352 e. The van der Waals surface area contributed by atoms with E-state index in [1.807, 2.05) is 0 Å². The maximum absolute atomic E-state index is 13.6. The highest BCUT2D eigenvalue weighted by atomic mass is 79.9. The molecular formula is C26H31BrF3N3O4S.